The molecular formula is C24H50O2P+. The molecule has 1 unspecified atom stereocenters. The van der Waals surface area contributed by atoms with Gasteiger partial charge in [-0.2, -0.15) is 4.89 Å². The summed E-state index contributed by atoms with van der Waals surface area (Å²) in [5.41, 5.74) is 0. The van der Waals surface area contributed by atoms with Crippen LogP contribution in [-0.2, 0) is 4.57 Å². The lowest BCUT2D eigenvalue weighted by molar-refractivity contribution is 0.497. The molecular weight excluding hydrogens is 351 g/mol. The molecule has 0 saturated heterocycles. The molecule has 0 aromatic carbocycles. The standard InChI is InChI=1S/C24H49O2P/c1-2-3-4-5-6-7-8-9-10-11-12-13-14-15-16-17-18-19-20-21-22-23-24-27(25)26/h2-24H2,1H3/p+1. The third kappa shape index (κ3) is 26.1. The van der Waals surface area contributed by atoms with Crippen LogP contribution in [0.3, 0.4) is 0 Å². The Morgan fingerprint density at radius 1 is 0.444 bits per heavy atom. The summed E-state index contributed by atoms with van der Waals surface area (Å²) in [6.07, 6.45) is 30.9. The average Bonchev–Trinajstić information content (AvgIpc) is 2.65. The number of rotatable bonds is 23. The van der Waals surface area contributed by atoms with Gasteiger partial charge in [0.05, 0.1) is 0 Å². The Balaban J connectivity index is 2.98. The molecule has 2 nitrogen and oxygen atoms in total. The van der Waals surface area contributed by atoms with Crippen molar-refractivity contribution in [3.63, 3.8) is 0 Å². The number of hydrogen-bond donors (Lipinski definition) is 1. The van der Waals surface area contributed by atoms with Crippen molar-refractivity contribution in [2.75, 3.05) is 6.16 Å². The predicted octanol–water partition coefficient (Wildman–Crippen LogP) is 9.32. The van der Waals surface area contributed by atoms with Gasteiger partial charge in [0.15, 0.2) is 6.16 Å². The van der Waals surface area contributed by atoms with Gasteiger partial charge in [0.1, 0.15) is 0 Å². The molecule has 0 radical (unpaired) electrons. The van der Waals surface area contributed by atoms with Crippen LogP contribution in [0, 0.1) is 0 Å². The normalized spacial score (nSPS) is 11.9. The van der Waals surface area contributed by atoms with E-state index in [0.717, 1.165) is 12.8 Å². The maximum absolute atomic E-state index is 10.6. The van der Waals surface area contributed by atoms with E-state index in [9.17, 15) is 4.57 Å². The van der Waals surface area contributed by atoms with E-state index < -0.39 is 8.03 Å². The van der Waals surface area contributed by atoms with Crippen LogP contribution in [0.5, 0.6) is 0 Å². The van der Waals surface area contributed by atoms with Gasteiger partial charge in [-0.15, -0.1) is 0 Å². The van der Waals surface area contributed by atoms with Gasteiger partial charge < -0.3 is 0 Å². The van der Waals surface area contributed by atoms with Crippen LogP contribution in [0.2, 0.25) is 0 Å². The summed E-state index contributed by atoms with van der Waals surface area (Å²) in [4.78, 5) is 8.73. The molecule has 0 aliphatic heterocycles. The predicted molar refractivity (Wildman–Crippen MR) is 122 cm³/mol. The fourth-order valence-electron chi connectivity index (χ4n) is 3.86. The van der Waals surface area contributed by atoms with E-state index >= 15 is 0 Å². The van der Waals surface area contributed by atoms with E-state index in [1.165, 1.54) is 128 Å². The zero-order valence-corrected chi connectivity index (χ0v) is 19.5. The van der Waals surface area contributed by atoms with Gasteiger partial charge in [0, 0.05) is 0 Å². The molecule has 0 aromatic heterocycles. The molecule has 0 aliphatic rings. The van der Waals surface area contributed by atoms with Crippen molar-refractivity contribution in [2.45, 2.75) is 148 Å². The second-order valence-electron chi connectivity index (χ2n) is 8.50. The highest BCUT2D eigenvalue weighted by Gasteiger charge is 2.07. The summed E-state index contributed by atoms with van der Waals surface area (Å²) in [6.45, 7) is 2.29. The Morgan fingerprint density at radius 3 is 0.889 bits per heavy atom. The van der Waals surface area contributed by atoms with Crippen LogP contribution in [0.1, 0.15) is 148 Å². The molecule has 0 aliphatic carbocycles. The maximum atomic E-state index is 10.6. The van der Waals surface area contributed by atoms with E-state index in [1.54, 1.807) is 0 Å². The fraction of sp³-hybridized carbons (Fsp3) is 1.00. The smallest absolute Gasteiger partial charge is 0.161 e. The second kappa shape index (κ2) is 24.1. The molecule has 0 aromatic rings. The molecule has 3 heteroatoms. The Hall–Kier alpha value is 0.0600. The third-order valence-corrected chi connectivity index (χ3v) is 6.40. The van der Waals surface area contributed by atoms with Crippen LogP contribution in [-0.4, -0.2) is 11.1 Å². The Labute approximate surface area is 172 Å². The van der Waals surface area contributed by atoms with Gasteiger partial charge in [0.25, 0.3) is 0 Å². The molecule has 1 atom stereocenters. The molecule has 0 rings (SSSR count). The van der Waals surface area contributed by atoms with Crippen LogP contribution in [0.25, 0.3) is 0 Å². The Kier molecular flexibility index (Phi) is 24.2. The van der Waals surface area contributed by atoms with Crippen molar-refractivity contribution in [3.05, 3.63) is 0 Å². The zero-order valence-electron chi connectivity index (χ0n) is 18.6. The summed E-state index contributed by atoms with van der Waals surface area (Å²) in [7, 11) is -1.90. The first-order valence-corrected chi connectivity index (χ1v) is 13.8. The quantitative estimate of drug-likeness (QED) is 0.137. The minimum atomic E-state index is -1.90. The monoisotopic (exact) mass is 401 g/mol. The van der Waals surface area contributed by atoms with Crippen molar-refractivity contribution in [1.29, 1.82) is 0 Å². The van der Waals surface area contributed by atoms with Crippen molar-refractivity contribution in [3.8, 4) is 0 Å². The first kappa shape index (κ1) is 27.1. The number of unbranched alkanes of at least 4 members (excludes halogenated alkanes) is 21. The Morgan fingerprint density at radius 2 is 0.667 bits per heavy atom. The largest absolute Gasteiger partial charge is 0.505 e. The lowest BCUT2D eigenvalue weighted by atomic mass is 10.0. The number of hydrogen-bond acceptors (Lipinski definition) is 1. The lowest BCUT2D eigenvalue weighted by Gasteiger charge is -2.04. The fourth-order valence-corrected chi connectivity index (χ4v) is 4.35. The Bertz CT molecular complexity index is 294. The van der Waals surface area contributed by atoms with Gasteiger partial charge in [-0.3, -0.25) is 0 Å². The summed E-state index contributed by atoms with van der Waals surface area (Å²) in [5, 5.41) is 0. The van der Waals surface area contributed by atoms with E-state index in [1.807, 2.05) is 0 Å². The summed E-state index contributed by atoms with van der Waals surface area (Å²) in [6, 6.07) is 0. The van der Waals surface area contributed by atoms with Gasteiger partial charge in [-0.25, -0.2) is 0 Å². The van der Waals surface area contributed by atoms with Crippen LogP contribution < -0.4 is 0 Å². The molecule has 27 heavy (non-hydrogen) atoms. The van der Waals surface area contributed by atoms with Gasteiger partial charge >= 0.3 is 8.03 Å². The highest BCUT2D eigenvalue weighted by Crippen LogP contribution is 2.18. The minimum absolute atomic E-state index is 0.495. The minimum Gasteiger partial charge on any atom is -0.161 e. The van der Waals surface area contributed by atoms with Crippen molar-refractivity contribution < 1.29 is 9.46 Å². The average molecular weight is 402 g/mol. The highest BCUT2D eigenvalue weighted by molar-refractivity contribution is 7.37. The summed E-state index contributed by atoms with van der Waals surface area (Å²) >= 11 is 0. The summed E-state index contributed by atoms with van der Waals surface area (Å²) in [5.74, 6) is 0. The van der Waals surface area contributed by atoms with E-state index in [4.69, 9.17) is 4.89 Å². The molecule has 0 saturated carbocycles. The van der Waals surface area contributed by atoms with Gasteiger partial charge in [-0.1, -0.05) is 135 Å². The molecule has 0 fully saturated rings. The molecule has 0 heterocycles. The first-order valence-electron chi connectivity index (χ1n) is 12.4. The van der Waals surface area contributed by atoms with E-state index in [2.05, 4.69) is 6.92 Å². The van der Waals surface area contributed by atoms with E-state index in [0.29, 0.717) is 6.16 Å². The summed E-state index contributed by atoms with van der Waals surface area (Å²) < 4.78 is 10.6. The van der Waals surface area contributed by atoms with Crippen molar-refractivity contribution in [2.24, 2.45) is 0 Å². The van der Waals surface area contributed by atoms with E-state index in [-0.39, 0.29) is 0 Å². The first-order chi connectivity index (χ1) is 13.3. The molecule has 0 bridgehead atoms. The van der Waals surface area contributed by atoms with Gasteiger partial charge in [-0.05, 0) is 17.4 Å². The lowest BCUT2D eigenvalue weighted by Crippen LogP contribution is -1.85. The maximum Gasteiger partial charge on any atom is 0.505 e. The SMILES string of the molecule is CCCCCCCCCCCCCCCCCCCCCCCC[P+](=O)O. The molecule has 0 spiro atoms. The van der Waals surface area contributed by atoms with Crippen LogP contribution >= 0.6 is 8.03 Å². The van der Waals surface area contributed by atoms with Crippen molar-refractivity contribution in [1.82, 2.24) is 0 Å². The molecule has 0 amide bonds. The third-order valence-electron chi connectivity index (χ3n) is 5.70. The van der Waals surface area contributed by atoms with Gasteiger partial charge in [0.2, 0.25) is 0 Å². The van der Waals surface area contributed by atoms with Crippen molar-refractivity contribution >= 4 is 8.03 Å². The highest BCUT2D eigenvalue weighted by atomic mass is 31.1. The zero-order chi connectivity index (χ0) is 19.8. The molecule has 1 N–H and O–H groups in total. The van der Waals surface area contributed by atoms with Crippen LogP contribution in [0.4, 0.5) is 0 Å². The second-order valence-corrected chi connectivity index (χ2v) is 9.65. The van der Waals surface area contributed by atoms with Crippen LogP contribution in [0.15, 0.2) is 0 Å². The molecule has 162 valence electrons. The topological polar surface area (TPSA) is 37.3 Å².